The molecule has 2 aliphatic rings. The van der Waals surface area contributed by atoms with Crippen LogP contribution in [0.2, 0.25) is 0 Å². The molecule has 1 N–H and O–H groups in total. The van der Waals surface area contributed by atoms with Crippen LogP contribution < -0.4 is 5.32 Å². The number of fused-ring (bicyclic) bond motifs is 1. The Balaban J connectivity index is 1.94. The van der Waals surface area contributed by atoms with Gasteiger partial charge in [-0.3, -0.25) is 0 Å². The lowest BCUT2D eigenvalue weighted by atomic mass is 10.0. The Hall–Kier alpha value is -0.640. The zero-order chi connectivity index (χ0) is 16.1. The van der Waals surface area contributed by atoms with Crippen molar-refractivity contribution in [3.8, 4) is 0 Å². The van der Waals surface area contributed by atoms with Crippen LogP contribution in [0.25, 0.3) is 0 Å². The fourth-order valence-corrected chi connectivity index (χ4v) is 5.30. The highest BCUT2D eigenvalue weighted by Crippen LogP contribution is 2.36. The highest BCUT2D eigenvalue weighted by atomic mass is 79.9. The van der Waals surface area contributed by atoms with Crippen LogP contribution in [-0.2, 0) is 16.2 Å². The predicted molar refractivity (Wildman–Crippen MR) is 77.8 cm³/mol. The molecule has 1 aromatic carbocycles. The molecule has 3 rings (SSSR count). The molecule has 122 valence electrons. The highest BCUT2D eigenvalue weighted by Gasteiger charge is 2.42. The molecule has 1 aromatic rings. The molecule has 2 fully saturated rings. The molecule has 4 nitrogen and oxygen atoms in total. The van der Waals surface area contributed by atoms with Crippen LogP contribution in [0, 0.1) is 11.8 Å². The number of hydrogen-bond donors (Lipinski definition) is 1. The van der Waals surface area contributed by atoms with E-state index in [1.807, 2.05) is 0 Å². The van der Waals surface area contributed by atoms with E-state index in [0.717, 1.165) is 19.2 Å². The molecule has 0 aliphatic carbocycles. The number of alkyl halides is 3. The number of hydrogen-bond acceptors (Lipinski definition) is 3. The lowest BCUT2D eigenvalue weighted by Crippen LogP contribution is -2.32. The van der Waals surface area contributed by atoms with Gasteiger partial charge in [0.25, 0.3) is 0 Å². The largest absolute Gasteiger partial charge is 0.416 e. The Morgan fingerprint density at radius 1 is 1.14 bits per heavy atom. The van der Waals surface area contributed by atoms with E-state index in [4.69, 9.17) is 0 Å². The second-order valence-corrected chi connectivity index (χ2v) is 8.53. The molecule has 0 amide bonds. The van der Waals surface area contributed by atoms with Gasteiger partial charge in [-0.15, -0.1) is 0 Å². The first-order valence-electron chi connectivity index (χ1n) is 6.76. The summed E-state index contributed by atoms with van der Waals surface area (Å²) in [7, 11) is -3.91. The summed E-state index contributed by atoms with van der Waals surface area (Å²) < 4.78 is 65.2. The van der Waals surface area contributed by atoms with E-state index in [0.29, 0.717) is 19.2 Å². The van der Waals surface area contributed by atoms with Gasteiger partial charge in [-0.25, -0.2) is 8.42 Å². The normalized spacial score (nSPS) is 26.4. The van der Waals surface area contributed by atoms with Crippen LogP contribution in [0.5, 0.6) is 0 Å². The maximum atomic E-state index is 12.9. The van der Waals surface area contributed by atoms with Gasteiger partial charge in [0, 0.05) is 17.6 Å². The lowest BCUT2D eigenvalue weighted by molar-refractivity contribution is -0.137. The first-order valence-corrected chi connectivity index (χ1v) is 9.00. The zero-order valence-electron chi connectivity index (χ0n) is 11.4. The summed E-state index contributed by atoms with van der Waals surface area (Å²) in [5.41, 5.74) is -0.971. The van der Waals surface area contributed by atoms with Gasteiger partial charge in [0.2, 0.25) is 10.0 Å². The number of nitrogens with zero attached hydrogens (tertiary/aromatic N) is 1. The van der Waals surface area contributed by atoms with Crippen molar-refractivity contribution >= 4 is 26.0 Å². The first kappa shape index (κ1) is 16.2. The molecule has 22 heavy (non-hydrogen) atoms. The molecule has 0 aromatic heterocycles. The van der Waals surface area contributed by atoms with E-state index >= 15 is 0 Å². The van der Waals surface area contributed by atoms with Crippen molar-refractivity contribution in [2.45, 2.75) is 11.1 Å². The summed E-state index contributed by atoms with van der Waals surface area (Å²) in [6.45, 7) is 2.22. The second kappa shape index (κ2) is 5.47. The average molecular weight is 399 g/mol. The summed E-state index contributed by atoms with van der Waals surface area (Å²) in [6, 6.07) is 2.80. The second-order valence-electron chi connectivity index (χ2n) is 5.67. The first-order chi connectivity index (χ1) is 10.2. The average Bonchev–Trinajstić information content (AvgIpc) is 2.97. The number of halogens is 4. The summed E-state index contributed by atoms with van der Waals surface area (Å²) in [5, 5.41) is 3.20. The van der Waals surface area contributed by atoms with E-state index in [-0.39, 0.29) is 21.2 Å². The van der Waals surface area contributed by atoms with E-state index in [1.165, 1.54) is 10.4 Å². The third kappa shape index (κ3) is 2.91. The van der Waals surface area contributed by atoms with Gasteiger partial charge in [0.05, 0.1) is 10.5 Å². The number of nitrogens with one attached hydrogen (secondary N) is 1. The van der Waals surface area contributed by atoms with Crippen molar-refractivity contribution in [1.29, 1.82) is 0 Å². The van der Waals surface area contributed by atoms with Gasteiger partial charge in [-0.05, 0) is 43.1 Å². The van der Waals surface area contributed by atoms with Gasteiger partial charge in [0.15, 0.2) is 0 Å². The molecule has 0 radical (unpaired) electrons. The third-order valence-corrected chi connectivity index (χ3v) is 6.46. The maximum Gasteiger partial charge on any atom is 0.416 e. The van der Waals surface area contributed by atoms with E-state index in [1.54, 1.807) is 0 Å². The monoisotopic (exact) mass is 398 g/mol. The Labute approximate surface area is 134 Å². The number of rotatable bonds is 2. The quantitative estimate of drug-likeness (QED) is 0.831. The molecule has 9 heteroatoms. The molecular formula is C13H14BrF3N2O2S. The van der Waals surface area contributed by atoms with Crippen molar-refractivity contribution in [2.75, 3.05) is 26.2 Å². The SMILES string of the molecule is O=S(=O)(c1cc(Br)cc(C(F)(F)F)c1)N1C[C@H]2CNC[C@H]2C1. The minimum atomic E-state index is -4.58. The lowest BCUT2D eigenvalue weighted by Gasteiger charge is -2.18. The Bertz CT molecular complexity index is 681. The topological polar surface area (TPSA) is 49.4 Å². The van der Waals surface area contributed by atoms with Crippen LogP contribution in [0.3, 0.4) is 0 Å². The van der Waals surface area contributed by atoms with Gasteiger partial charge < -0.3 is 5.32 Å². The molecule has 0 bridgehead atoms. The molecule has 2 heterocycles. The standard InChI is InChI=1S/C13H14BrF3N2O2S/c14-11-1-10(13(15,16)17)2-12(3-11)22(20,21)19-6-8-4-18-5-9(8)7-19/h1-3,8-9,18H,4-7H2/t8-,9+. The Morgan fingerprint density at radius 3 is 2.27 bits per heavy atom. The van der Waals surface area contributed by atoms with E-state index in [2.05, 4.69) is 21.2 Å². The minimum Gasteiger partial charge on any atom is -0.316 e. The van der Waals surface area contributed by atoms with E-state index < -0.39 is 21.8 Å². The zero-order valence-corrected chi connectivity index (χ0v) is 13.8. The Kier molecular flexibility index (Phi) is 4.03. The molecular weight excluding hydrogens is 385 g/mol. The van der Waals surface area contributed by atoms with Gasteiger partial charge in [-0.1, -0.05) is 15.9 Å². The summed E-state index contributed by atoms with van der Waals surface area (Å²) in [6.07, 6.45) is -4.58. The van der Waals surface area contributed by atoms with Gasteiger partial charge >= 0.3 is 6.18 Å². The number of benzene rings is 1. The van der Waals surface area contributed by atoms with Gasteiger partial charge in [-0.2, -0.15) is 17.5 Å². The molecule has 2 saturated heterocycles. The summed E-state index contributed by atoms with van der Waals surface area (Å²) >= 11 is 2.96. The van der Waals surface area contributed by atoms with Crippen molar-refractivity contribution < 1.29 is 21.6 Å². The van der Waals surface area contributed by atoms with Crippen molar-refractivity contribution in [3.05, 3.63) is 28.2 Å². The van der Waals surface area contributed by atoms with Crippen LogP contribution in [0.1, 0.15) is 5.56 Å². The number of sulfonamides is 1. The molecule has 0 unspecified atom stereocenters. The third-order valence-electron chi connectivity index (χ3n) is 4.19. The van der Waals surface area contributed by atoms with Crippen molar-refractivity contribution in [2.24, 2.45) is 11.8 Å². The Morgan fingerprint density at radius 2 is 1.73 bits per heavy atom. The molecule has 2 aliphatic heterocycles. The molecule has 0 saturated carbocycles. The maximum absolute atomic E-state index is 12.9. The van der Waals surface area contributed by atoms with E-state index in [9.17, 15) is 21.6 Å². The van der Waals surface area contributed by atoms with Crippen LogP contribution >= 0.6 is 15.9 Å². The van der Waals surface area contributed by atoms with Crippen LogP contribution in [-0.4, -0.2) is 38.9 Å². The fraction of sp³-hybridized carbons (Fsp3) is 0.538. The predicted octanol–water partition coefficient (Wildman–Crippen LogP) is 2.31. The van der Waals surface area contributed by atoms with Crippen molar-refractivity contribution in [1.82, 2.24) is 9.62 Å². The molecule has 0 spiro atoms. The van der Waals surface area contributed by atoms with Crippen LogP contribution in [0.4, 0.5) is 13.2 Å². The van der Waals surface area contributed by atoms with Crippen molar-refractivity contribution in [3.63, 3.8) is 0 Å². The molecule has 2 atom stereocenters. The minimum absolute atomic E-state index is 0.0990. The summed E-state index contributed by atoms with van der Waals surface area (Å²) in [4.78, 5) is -0.317. The smallest absolute Gasteiger partial charge is 0.316 e. The van der Waals surface area contributed by atoms with Crippen LogP contribution in [0.15, 0.2) is 27.6 Å². The summed E-state index contributed by atoms with van der Waals surface area (Å²) in [5.74, 6) is 0.480. The highest BCUT2D eigenvalue weighted by molar-refractivity contribution is 9.10. The fourth-order valence-electron chi connectivity index (χ4n) is 3.03. The van der Waals surface area contributed by atoms with Gasteiger partial charge in [0.1, 0.15) is 0 Å².